The zero-order valence-electron chi connectivity index (χ0n) is 8.56. The molecule has 82 valence electrons. The molecule has 0 radical (unpaired) electrons. The maximum atomic E-state index is 10.6. The van der Waals surface area contributed by atoms with E-state index in [1.54, 1.807) is 0 Å². The van der Waals surface area contributed by atoms with E-state index < -0.39 is 0 Å². The van der Waals surface area contributed by atoms with Gasteiger partial charge < -0.3 is 10.0 Å². The normalized spacial score (nSPS) is 21.7. The number of aldehydes is 1. The van der Waals surface area contributed by atoms with Crippen LogP contribution in [0.15, 0.2) is 12.1 Å². The number of thiophene rings is 1. The monoisotopic (exact) mass is 225 g/mol. The number of aliphatic hydroxyl groups is 1. The highest BCUT2D eigenvalue weighted by atomic mass is 32.1. The highest BCUT2D eigenvalue weighted by Gasteiger charge is 2.22. The van der Waals surface area contributed by atoms with E-state index in [1.807, 2.05) is 12.1 Å². The molecule has 1 aromatic heterocycles. The first-order chi connectivity index (χ1) is 7.35. The number of hydrogen-bond acceptors (Lipinski definition) is 4. The molecular formula is C11H15NO2S. The van der Waals surface area contributed by atoms with Crippen LogP contribution in [0.2, 0.25) is 0 Å². The summed E-state index contributed by atoms with van der Waals surface area (Å²) in [5, 5.41) is 10.4. The molecule has 3 nitrogen and oxygen atoms in total. The van der Waals surface area contributed by atoms with Gasteiger partial charge in [0.25, 0.3) is 0 Å². The summed E-state index contributed by atoms with van der Waals surface area (Å²) >= 11 is 1.51. The van der Waals surface area contributed by atoms with E-state index in [9.17, 15) is 9.90 Å². The van der Waals surface area contributed by atoms with Gasteiger partial charge >= 0.3 is 0 Å². The number of aliphatic hydroxyl groups excluding tert-OH is 1. The molecule has 1 N–H and O–H groups in total. The van der Waals surface area contributed by atoms with Crippen LogP contribution in [0.5, 0.6) is 0 Å². The fraction of sp³-hybridized carbons (Fsp3) is 0.545. The van der Waals surface area contributed by atoms with Crippen molar-refractivity contribution in [3.05, 3.63) is 17.0 Å². The molecule has 0 aliphatic carbocycles. The van der Waals surface area contributed by atoms with Crippen molar-refractivity contribution >= 4 is 22.6 Å². The molecule has 4 heteroatoms. The Morgan fingerprint density at radius 1 is 1.53 bits per heavy atom. The number of nitrogens with zero attached hydrogens (tertiary/aromatic N) is 1. The van der Waals surface area contributed by atoms with Crippen molar-refractivity contribution in [1.29, 1.82) is 0 Å². The summed E-state index contributed by atoms with van der Waals surface area (Å²) in [7, 11) is 0. The van der Waals surface area contributed by atoms with Crippen LogP contribution in [0.25, 0.3) is 0 Å². The Bertz CT molecular complexity index is 337. The Morgan fingerprint density at radius 3 is 3.07 bits per heavy atom. The van der Waals surface area contributed by atoms with Gasteiger partial charge in [0, 0.05) is 6.54 Å². The molecule has 2 heterocycles. The van der Waals surface area contributed by atoms with E-state index >= 15 is 0 Å². The molecule has 1 aliphatic rings. The Kier molecular flexibility index (Phi) is 3.38. The first kappa shape index (κ1) is 10.6. The zero-order valence-corrected chi connectivity index (χ0v) is 9.37. The smallest absolute Gasteiger partial charge is 0.160 e. The molecule has 0 amide bonds. The molecule has 1 fully saturated rings. The fourth-order valence-corrected chi connectivity index (χ4v) is 2.96. The quantitative estimate of drug-likeness (QED) is 0.799. The predicted octanol–water partition coefficient (Wildman–Crippen LogP) is 1.91. The van der Waals surface area contributed by atoms with Gasteiger partial charge in [0.05, 0.1) is 22.5 Å². The van der Waals surface area contributed by atoms with Crippen molar-refractivity contribution in [1.82, 2.24) is 0 Å². The number of carbonyl (C=O) groups is 1. The standard InChI is InChI=1S/C11H15NO2S/c13-7-9-3-1-2-6-12(9)11-5-4-10(8-14)15-11/h4-5,8-9,13H,1-3,6-7H2. The minimum Gasteiger partial charge on any atom is -0.394 e. The third-order valence-electron chi connectivity index (χ3n) is 2.85. The van der Waals surface area contributed by atoms with Gasteiger partial charge in [-0.15, -0.1) is 11.3 Å². The summed E-state index contributed by atoms with van der Waals surface area (Å²) < 4.78 is 0. The lowest BCUT2D eigenvalue weighted by molar-refractivity contribution is 0.112. The van der Waals surface area contributed by atoms with Gasteiger partial charge in [-0.1, -0.05) is 0 Å². The first-order valence-corrected chi connectivity index (χ1v) is 6.09. The molecule has 0 spiro atoms. The number of carbonyl (C=O) groups excluding carboxylic acids is 1. The first-order valence-electron chi connectivity index (χ1n) is 5.27. The Hall–Kier alpha value is -0.870. The molecular weight excluding hydrogens is 210 g/mol. The van der Waals surface area contributed by atoms with Crippen LogP contribution >= 0.6 is 11.3 Å². The lowest BCUT2D eigenvalue weighted by atomic mass is 10.0. The maximum Gasteiger partial charge on any atom is 0.160 e. The summed E-state index contributed by atoms with van der Waals surface area (Å²) in [4.78, 5) is 13.6. The van der Waals surface area contributed by atoms with Crippen LogP contribution < -0.4 is 4.90 Å². The Labute approximate surface area is 93.3 Å². The van der Waals surface area contributed by atoms with Crippen molar-refractivity contribution in [2.24, 2.45) is 0 Å². The zero-order chi connectivity index (χ0) is 10.7. The summed E-state index contributed by atoms with van der Waals surface area (Å²) in [6.07, 6.45) is 4.29. The molecule has 1 aromatic rings. The van der Waals surface area contributed by atoms with Crippen molar-refractivity contribution in [2.75, 3.05) is 18.1 Å². The lowest BCUT2D eigenvalue weighted by Crippen LogP contribution is -2.41. The van der Waals surface area contributed by atoms with Crippen molar-refractivity contribution in [3.8, 4) is 0 Å². The highest BCUT2D eigenvalue weighted by Crippen LogP contribution is 2.30. The minimum atomic E-state index is 0.203. The van der Waals surface area contributed by atoms with Gasteiger partial charge in [-0.05, 0) is 31.4 Å². The van der Waals surface area contributed by atoms with E-state index in [-0.39, 0.29) is 12.6 Å². The SMILES string of the molecule is O=Cc1ccc(N2CCCCC2CO)s1. The van der Waals surface area contributed by atoms with E-state index in [0.29, 0.717) is 0 Å². The average molecular weight is 225 g/mol. The second-order valence-corrected chi connectivity index (χ2v) is 4.91. The molecule has 1 atom stereocenters. The third-order valence-corrected chi connectivity index (χ3v) is 3.90. The van der Waals surface area contributed by atoms with Crippen molar-refractivity contribution < 1.29 is 9.90 Å². The van der Waals surface area contributed by atoms with Crippen LogP contribution in [-0.2, 0) is 0 Å². The highest BCUT2D eigenvalue weighted by molar-refractivity contribution is 7.17. The topological polar surface area (TPSA) is 40.5 Å². The van der Waals surface area contributed by atoms with Gasteiger partial charge in [0.1, 0.15) is 0 Å². The van der Waals surface area contributed by atoms with Crippen LogP contribution in [0.4, 0.5) is 5.00 Å². The molecule has 1 unspecified atom stereocenters. The third kappa shape index (κ3) is 2.21. The second kappa shape index (κ2) is 4.77. The fourth-order valence-electron chi connectivity index (χ4n) is 2.04. The molecule has 1 aliphatic heterocycles. The number of hydrogen-bond donors (Lipinski definition) is 1. The van der Waals surface area contributed by atoms with Crippen molar-refractivity contribution in [2.45, 2.75) is 25.3 Å². The minimum absolute atomic E-state index is 0.203. The van der Waals surface area contributed by atoms with Gasteiger partial charge in [-0.2, -0.15) is 0 Å². The van der Waals surface area contributed by atoms with Gasteiger partial charge in [-0.3, -0.25) is 4.79 Å². The summed E-state index contributed by atoms with van der Waals surface area (Å²) in [6, 6.07) is 4.05. The Balaban J connectivity index is 2.16. The van der Waals surface area contributed by atoms with Crippen LogP contribution in [0, 0.1) is 0 Å². The van der Waals surface area contributed by atoms with E-state index in [1.165, 1.54) is 24.2 Å². The Morgan fingerprint density at radius 2 is 2.40 bits per heavy atom. The van der Waals surface area contributed by atoms with E-state index in [2.05, 4.69) is 4.90 Å². The molecule has 1 saturated heterocycles. The number of anilines is 1. The summed E-state index contributed by atoms with van der Waals surface area (Å²) in [6.45, 7) is 1.19. The molecule has 0 aromatic carbocycles. The largest absolute Gasteiger partial charge is 0.394 e. The average Bonchev–Trinajstić information content (AvgIpc) is 2.77. The molecule has 2 rings (SSSR count). The van der Waals surface area contributed by atoms with Gasteiger partial charge in [0.15, 0.2) is 6.29 Å². The van der Waals surface area contributed by atoms with E-state index in [4.69, 9.17) is 0 Å². The second-order valence-electron chi connectivity index (χ2n) is 3.82. The number of rotatable bonds is 3. The maximum absolute atomic E-state index is 10.6. The molecule has 15 heavy (non-hydrogen) atoms. The molecule has 0 saturated carbocycles. The van der Waals surface area contributed by atoms with Crippen LogP contribution in [-0.4, -0.2) is 30.6 Å². The van der Waals surface area contributed by atoms with Crippen LogP contribution in [0.3, 0.4) is 0 Å². The van der Waals surface area contributed by atoms with Crippen LogP contribution in [0.1, 0.15) is 28.9 Å². The summed E-state index contributed by atoms with van der Waals surface area (Å²) in [5.74, 6) is 0. The summed E-state index contributed by atoms with van der Waals surface area (Å²) in [5.41, 5.74) is 0. The van der Waals surface area contributed by atoms with Gasteiger partial charge in [0.2, 0.25) is 0 Å². The predicted molar refractivity (Wildman–Crippen MR) is 61.8 cm³/mol. The lowest BCUT2D eigenvalue weighted by Gasteiger charge is -2.35. The van der Waals surface area contributed by atoms with Crippen molar-refractivity contribution in [3.63, 3.8) is 0 Å². The van der Waals surface area contributed by atoms with Gasteiger partial charge in [-0.25, -0.2) is 0 Å². The van der Waals surface area contributed by atoms with E-state index in [0.717, 1.165) is 29.1 Å². The molecule has 0 bridgehead atoms. The number of piperidine rings is 1.